The molecule has 0 radical (unpaired) electrons. The quantitative estimate of drug-likeness (QED) is 0.881. The molecule has 0 heterocycles. The summed E-state index contributed by atoms with van der Waals surface area (Å²) in [4.78, 5) is 0. The molecule has 1 aliphatic carbocycles. The zero-order valence-electron chi connectivity index (χ0n) is 12.3. The van der Waals surface area contributed by atoms with Crippen LogP contribution in [-0.2, 0) is 5.41 Å². The molecule has 1 N–H and O–H groups in total. The minimum Gasteiger partial charge on any atom is -0.496 e. The summed E-state index contributed by atoms with van der Waals surface area (Å²) in [5, 5.41) is 3.36. The fourth-order valence-electron chi connectivity index (χ4n) is 3.70. The lowest BCUT2D eigenvalue weighted by Crippen LogP contribution is -2.52. The molecule has 1 aromatic carbocycles. The van der Waals surface area contributed by atoms with E-state index in [1.165, 1.54) is 24.0 Å². The van der Waals surface area contributed by atoms with Crippen molar-refractivity contribution in [2.75, 3.05) is 20.7 Å². The number of methoxy groups -OCH3 is 1. The first kappa shape index (κ1) is 13.4. The van der Waals surface area contributed by atoms with Gasteiger partial charge in [-0.1, -0.05) is 26.0 Å². The molecule has 0 saturated heterocycles. The molecule has 0 amide bonds. The molecule has 2 rings (SSSR count). The molecule has 1 saturated carbocycles. The average molecular weight is 247 g/mol. The van der Waals surface area contributed by atoms with E-state index in [0.717, 1.165) is 12.3 Å². The minimum atomic E-state index is 0.291. The van der Waals surface area contributed by atoms with Gasteiger partial charge in [0.05, 0.1) is 7.11 Å². The van der Waals surface area contributed by atoms with Gasteiger partial charge in [-0.25, -0.2) is 0 Å². The van der Waals surface area contributed by atoms with Crippen molar-refractivity contribution in [2.45, 2.75) is 39.0 Å². The summed E-state index contributed by atoms with van der Waals surface area (Å²) in [6, 6.07) is 6.67. The van der Waals surface area contributed by atoms with E-state index in [-0.39, 0.29) is 0 Å². The second-order valence-electron chi connectivity index (χ2n) is 6.51. The Labute approximate surface area is 111 Å². The minimum absolute atomic E-state index is 0.291. The fraction of sp³-hybridized carbons (Fsp3) is 0.625. The van der Waals surface area contributed by atoms with Gasteiger partial charge >= 0.3 is 0 Å². The third-order valence-corrected chi connectivity index (χ3v) is 4.17. The number of ether oxygens (including phenoxy) is 1. The molecule has 0 unspecified atom stereocenters. The van der Waals surface area contributed by atoms with Gasteiger partial charge in [0.2, 0.25) is 0 Å². The molecule has 1 fully saturated rings. The maximum atomic E-state index is 5.46. The van der Waals surface area contributed by atoms with E-state index >= 15 is 0 Å². The third kappa shape index (κ3) is 2.26. The smallest absolute Gasteiger partial charge is 0.122 e. The van der Waals surface area contributed by atoms with Gasteiger partial charge in [0.15, 0.2) is 0 Å². The molecule has 0 aromatic heterocycles. The Kier molecular flexibility index (Phi) is 3.41. The van der Waals surface area contributed by atoms with Crippen molar-refractivity contribution in [1.29, 1.82) is 0 Å². The predicted octanol–water partition coefficient (Wildman–Crippen LogP) is 3.28. The lowest BCUT2D eigenvalue weighted by Gasteiger charge is -2.54. The number of hydrogen-bond acceptors (Lipinski definition) is 2. The van der Waals surface area contributed by atoms with Crippen LogP contribution in [0.3, 0.4) is 0 Å². The van der Waals surface area contributed by atoms with Crippen molar-refractivity contribution >= 4 is 0 Å². The number of benzene rings is 1. The van der Waals surface area contributed by atoms with E-state index in [0.29, 0.717) is 10.8 Å². The van der Waals surface area contributed by atoms with Gasteiger partial charge < -0.3 is 10.1 Å². The zero-order valence-corrected chi connectivity index (χ0v) is 12.3. The highest BCUT2D eigenvalue weighted by molar-refractivity contribution is 5.42. The molecule has 100 valence electrons. The highest BCUT2D eigenvalue weighted by atomic mass is 16.5. The fourth-order valence-corrected chi connectivity index (χ4v) is 3.70. The van der Waals surface area contributed by atoms with E-state index in [4.69, 9.17) is 4.74 Å². The normalized spacial score (nSPS) is 20.3. The first-order valence-electron chi connectivity index (χ1n) is 6.72. The number of likely N-dealkylation sites (N-methyl/N-ethyl adjacent to an activating group) is 1. The van der Waals surface area contributed by atoms with E-state index in [1.54, 1.807) is 7.11 Å². The van der Waals surface area contributed by atoms with Crippen LogP contribution < -0.4 is 10.1 Å². The van der Waals surface area contributed by atoms with E-state index < -0.39 is 0 Å². The van der Waals surface area contributed by atoms with E-state index in [9.17, 15) is 0 Å². The largest absolute Gasteiger partial charge is 0.496 e. The maximum Gasteiger partial charge on any atom is 0.122 e. The van der Waals surface area contributed by atoms with Crippen molar-refractivity contribution in [3.63, 3.8) is 0 Å². The molecule has 0 spiro atoms. The topological polar surface area (TPSA) is 21.3 Å². The molecule has 0 bridgehead atoms. The molecule has 2 heteroatoms. The number of aryl methyl sites for hydroxylation is 1. The second kappa shape index (κ2) is 4.58. The number of rotatable bonds is 4. The van der Waals surface area contributed by atoms with Crippen molar-refractivity contribution in [1.82, 2.24) is 5.32 Å². The van der Waals surface area contributed by atoms with E-state index in [1.807, 2.05) is 7.05 Å². The van der Waals surface area contributed by atoms with Crippen molar-refractivity contribution in [3.8, 4) is 5.75 Å². The Morgan fingerprint density at radius 3 is 2.44 bits per heavy atom. The molecule has 18 heavy (non-hydrogen) atoms. The predicted molar refractivity (Wildman–Crippen MR) is 76.4 cm³/mol. The molecule has 0 aliphatic heterocycles. The van der Waals surface area contributed by atoms with Gasteiger partial charge in [0, 0.05) is 12.0 Å². The molecule has 0 atom stereocenters. The van der Waals surface area contributed by atoms with Gasteiger partial charge in [0.25, 0.3) is 0 Å². The second-order valence-corrected chi connectivity index (χ2v) is 6.51. The summed E-state index contributed by atoms with van der Waals surface area (Å²) in [6.45, 7) is 7.85. The van der Waals surface area contributed by atoms with Gasteiger partial charge in [-0.2, -0.15) is 0 Å². The lowest BCUT2D eigenvalue weighted by molar-refractivity contribution is 0.0577. The van der Waals surface area contributed by atoms with Gasteiger partial charge in [-0.05, 0) is 49.4 Å². The molecule has 1 aliphatic rings. The van der Waals surface area contributed by atoms with Crippen LogP contribution >= 0.6 is 0 Å². The summed E-state index contributed by atoms with van der Waals surface area (Å²) in [5.41, 5.74) is 3.38. The van der Waals surface area contributed by atoms with Crippen LogP contribution in [0.15, 0.2) is 18.2 Å². The highest BCUT2D eigenvalue weighted by Crippen LogP contribution is 2.55. The Hall–Kier alpha value is -1.02. The molecular formula is C16H25NO. The van der Waals surface area contributed by atoms with Crippen molar-refractivity contribution in [2.24, 2.45) is 5.41 Å². The van der Waals surface area contributed by atoms with Crippen LogP contribution in [0.4, 0.5) is 0 Å². The first-order valence-corrected chi connectivity index (χ1v) is 6.72. The number of nitrogens with one attached hydrogen (secondary N) is 1. The highest BCUT2D eigenvalue weighted by Gasteiger charge is 2.49. The van der Waals surface area contributed by atoms with Crippen LogP contribution in [0.1, 0.15) is 37.8 Å². The van der Waals surface area contributed by atoms with Gasteiger partial charge in [-0.15, -0.1) is 0 Å². The van der Waals surface area contributed by atoms with Crippen LogP contribution in [0.5, 0.6) is 5.75 Å². The summed E-state index contributed by atoms with van der Waals surface area (Å²) >= 11 is 0. The monoisotopic (exact) mass is 247 g/mol. The van der Waals surface area contributed by atoms with Crippen molar-refractivity contribution < 1.29 is 4.74 Å². The van der Waals surface area contributed by atoms with Crippen LogP contribution in [0, 0.1) is 12.3 Å². The van der Waals surface area contributed by atoms with Crippen LogP contribution in [-0.4, -0.2) is 20.7 Å². The molecule has 2 nitrogen and oxygen atoms in total. The Morgan fingerprint density at radius 2 is 1.94 bits per heavy atom. The SMILES string of the molecule is CNCC1(c2ccc(C)c(OC)c2)CC(C)(C)C1. The summed E-state index contributed by atoms with van der Waals surface area (Å²) < 4.78 is 5.46. The third-order valence-electron chi connectivity index (χ3n) is 4.17. The summed E-state index contributed by atoms with van der Waals surface area (Å²) in [7, 11) is 3.79. The Morgan fingerprint density at radius 1 is 1.28 bits per heavy atom. The number of hydrogen-bond donors (Lipinski definition) is 1. The maximum absolute atomic E-state index is 5.46. The van der Waals surface area contributed by atoms with Crippen LogP contribution in [0.25, 0.3) is 0 Å². The van der Waals surface area contributed by atoms with Crippen LogP contribution in [0.2, 0.25) is 0 Å². The van der Waals surface area contributed by atoms with E-state index in [2.05, 4.69) is 44.3 Å². The Balaban J connectivity index is 2.33. The van der Waals surface area contributed by atoms with Crippen molar-refractivity contribution in [3.05, 3.63) is 29.3 Å². The molecule has 1 aromatic rings. The average Bonchev–Trinajstić information content (AvgIpc) is 2.27. The van der Waals surface area contributed by atoms with Gasteiger partial charge in [-0.3, -0.25) is 0 Å². The summed E-state index contributed by atoms with van der Waals surface area (Å²) in [5.74, 6) is 1.01. The molecular weight excluding hydrogens is 222 g/mol. The Bertz CT molecular complexity index is 429. The lowest BCUT2D eigenvalue weighted by atomic mass is 9.52. The van der Waals surface area contributed by atoms with Gasteiger partial charge in [0.1, 0.15) is 5.75 Å². The zero-order chi connectivity index (χ0) is 13.4. The first-order chi connectivity index (χ1) is 8.42. The standard InChI is InChI=1S/C16H25NO/c1-12-6-7-13(8-14(12)18-5)16(11-17-4)9-15(2,3)10-16/h6-8,17H,9-11H2,1-5H3. The summed E-state index contributed by atoms with van der Waals surface area (Å²) in [6.07, 6.45) is 2.49.